The average molecular weight is 743 g/mol. The van der Waals surface area contributed by atoms with E-state index in [2.05, 4.69) is 111 Å². The van der Waals surface area contributed by atoms with E-state index in [1.165, 1.54) is 45.5 Å². The number of aromatic amines is 2. The van der Waals surface area contributed by atoms with Crippen molar-refractivity contribution in [1.82, 2.24) is 19.9 Å². The molecule has 0 radical (unpaired) electrons. The first-order valence-corrected chi connectivity index (χ1v) is 20.7. The number of hydrogen-bond donors (Lipinski definition) is 4. The largest absolute Gasteiger partial charge is 0.356 e. The summed E-state index contributed by atoms with van der Waals surface area (Å²) in [5.74, 6) is 0. The van der Waals surface area contributed by atoms with Gasteiger partial charge in [-0.05, 0) is 139 Å². The van der Waals surface area contributed by atoms with Crippen LogP contribution in [0.4, 0.5) is 0 Å². The van der Waals surface area contributed by atoms with E-state index in [0.29, 0.717) is 0 Å². The minimum atomic E-state index is -4.42. The van der Waals surface area contributed by atoms with Gasteiger partial charge in [-0.3, -0.25) is 4.57 Å². The lowest BCUT2D eigenvalue weighted by molar-refractivity contribution is 0.387. The fraction of sp³-hybridized carbons (Fsp3) is 0.273. The monoisotopic (exact) mass is 742 g/mol. The van der Waals surface area contributed by atoms with Crippen LogP contribution in [0.1, 0.15) is 99.4 Å². The topological polar surface area (TPSA) is 115 Å². The maximum absolute atomic E-state index is 12.2. The number of fused-ring (bicyclic) bond motifs is 8. The van der Waals surface area contributed by atoms with E-state index in [1.54, 1.807) is 12.1 Å². The number of benzene rings is 2. The maximum atomic E-state index is 12.2. The van der Waals surface area contributed by atoms with Gasteiger partial charge in [0.15, 0.2) is 0 Å². The Kier molecular flexibility index (Phi) is 9.84. The second-order valence-electron chi connectivity index (χ2n) is 14.1. The second kappa shape index (κ2) is 14.1. The fourth-order valence-corrected chi connectivity index (χ4v) is 9.08. The maximum Gasteiger partial charge on any atom is 0.356 e. The molecule has 0 saturated heterocycles. The number of hydrogen-bond acceptors (Lipinski definition) is 3. The van der Waals surface area contributed by atoms with Gasteiger partial charge in [-0.25, -0.2) is 9.97 Å². The molecule has 5 heterocycles. The Morgan fingerprint density at radius 1 is 0.623 bits per heavy atom. The molecular weight excluding hydrogens is 694 g/mol. The SMILES string of the molecule is CCC1=C(C)c2nc1cc1[nH]c(c(C)c1CC)c(-c1ccc(P)cc1)c1nc(cc3[nH]c(c(C)c3CC)c2-c2ccc(P(=O)(O)O)cc2)C(CC)=C1C. The van der Waals surface area contributed by atoms with Gasteiger partial charge in [-0.15, -0.1) is 9.24 Å². The molecule has 1 atom stereocenters. The molecule has 7 rings (SSSR count). The first-order chi connectivity index (χ1) is 25.3. The molecule has 3 aromatic heterocycles. The Morgan fingerprint density at radius 3 is 1.38 bits per heavy atom. The number of nitrogens with one attached hydrogen (secondary N) is 2. The van der Waals surface area contributed by atoms with Crippen LogP contribution in [0.25, 0.3) is 66.6 Å². The summed E-state index contributed by atoms with van der Waals surface area (Å²) < 4.78 is 12.2. The zero-order valence-corrected chi connectivity index (χ0v) is 33.9. The zero-order valence-electron chi connectivity index (χ0n) is 31.8. The highest BCUT2D eigenvalue weighted by Crippen LogP contribution is 2.44. The first-order valence-electron chi connectivity index (χ1n) is 18.5. The Labute approximate surface area is 314 Å². The van der Waals surface area contributed by atoms with Crippen LogP contribution >= 0.6 is 16.8 Å². The Hall–Kier alpha value is -4.38. The third-order valence-electron chi connectivity index (χ3n) is 11.2. The zero-order chi connectivity index (χ0) is 37.9. The quantitative estimate of drug-likeness (QED) is 0.124. The van der Waals surface area contributed by atoms with Crippen LogP contribution in [0.2, 0.25) is 0 Å². The molecule has 0 amide bonds. The Morgan fingerprint density at radius 2 is 1.02 bits per heavy atom. The molecule has 0 aliphatic carbocycles. The Balaban J connectivity index is 1.74. The van der Waals surface area contributed by atoms with E-state index in [4.69, 9.17) is 9.97 Å². The smallest absolute Gasteiger partial charge is 0.354 e. The molecule has 0 fully saturated rings. The van der Waals surface area contributed by atoms with Crippen molar-refractivity contribution >= 4 is 71.8 Å². The number of allylic oxidation sites excluding steroid dienone is 4. The molecular formula is C44H48N4O3P2. The normalized spacial score (nSPS) is 13.4. The van der Waals surface area contributed by atoms with E-state index in [1.807, 2.05) is 0 Å². The van der Waals surface area contributed by atoms with Gasteiger partial charge in [-0.1, -0.05) is 64.1 Å². The van der Waals surface area contributed by atoms with Crippen molar-refractivity contribution in [3.8, 4) is 22.3 Å². The minimum Gasteiger partial charge on any atom is -0.354 e. The number of H-pyrrole nitrogens is 2. The van der Waals surface area contributed by atoms with E-state index in [-0.39, 0.29) is 5.30 Å². The van der Waals surface area contributed by atoms with E-state index in [0.717, 1.165) is 109 Å². The van der Waals surface area contributed by atoms with Crippen molar-refractivity contribution in [2.45, 2.75) is 81.1 Å². The van der Waals surface area contributed by atoms with Crippen LogP contribution in [0.5, 0.6) is 0 Å². The fourth-order valence-electron chi connectivity index (χ4n) is 8.35. The van der Waals surface area contributed by atoms with E-state index >= 15 is 0 Å². The lowest BCUT2D eigenvalue weighted by Crippen LogP contribution is -2.02. The predicted octanol–water partition coefficient (Wildman–Crippen LogP) is 10.4. The lowest BCUT2D eigenvalue weighted by Gasteiger charge is -2.10. The second-order valence-corrected chi connectivity index (χ2v) is 16.4. The highest BCUT2D eigenvalue weighted by molar-refractivity contribution is 7.60. The summed E-state index contributed by atoms with van der Waals surface area (Å²) in [5, 5.41) is 1.12. The van der Waals surface area contributed by atoms with Crippen LogP contribution in [0.3, 0.4) is 0 Å². The molecule has 7 nitrogen and oxygen atoms in total. The van der Waals surface area contributed by atoms with Crippen LogP contribution in [0, 0.1) is 13.8 Å². The predicted molar refractivity (Wildman–Crippen MR) is 227 cm³/mol. The molecule has 53 heavy (non-hydrogen) atoms. The van der Waals surface area contributed by atoms with Gasteiger partial charge in [0.1, 0.15) is 0 Å². The molecule has 8 bridgehead atoms. The van der Waals surface area contributed by atoms with Crippen molar-refractivity contribution in [1.29, 1.82) is 0 Å². The molecule has 1 unspecified atom stereocenters. The van der Waals surface area contributed by atoms with Gasteiger partial charge in [0.2, 0.25) is 0 Å². The first kappa shape index (κ1) is 37.0. The molecule has 5 aromatic rings. The summed E-state index contributed by atoms with van der Waals surface area (Å²) in [6, 6.07) is 19.8. The van der Waals surface area contributed by atoms with Crippen LogP contribution in [0.15, 0.2) is 60.7 Å². The van der Waals surface area contributed by atoms with Gasteiger partial charge in [0.05, 0.1) is 39.1 Å². The van der Waals surface area contributed by atoms with Crippen molar-refractivity contribution < 1.29 is 14.4 Å². The molecule has 4 N–H and O–H groups in total. The molecule has 9 heteroatoms. The number of nitrogens with zero attached hydrogens (tertiary/aromatic N) is 2. The van der Waals surface area contributed by atoms with Gasteiger partial charge < -0.3 is 19.8 Å². The van der Waals surface area contributed by atoms with E-state index < -0.39 is 7.60 Å². The summed E-state index contributed by atoms with van der Waals surface area (Å²) in [4.78, 5) is 38.5. The average Bonchev–Trinajstić information content (AvgIpc) is 3.82. The van der Waals surface area contributed by atoms with Gasteiger partial charge in [0.25, 0.3) is 0 Å². The van der Waals surface area contributed by atoms with Crippen LogP contribution in [-0.2, 0) is 17.4 Å². The minimum absolute atomic E-state index is 0.0109. The number of aryl methyl sites for hydroxylation is 4. The highest BCUT2D eigenvalue weighted by Gasteiger charge is 2.26. The summed E-state index contributed by atoms with van der Waals surface area (Å²) in [6.45, 7) is 17.5. The van der Waals surface area contributed by atoms with E-state index in [9.17, 15) is 14.4 Å². The van der Waals surface area contributed by atoms with Gasteiger partial charge >= 0.3 is 7.60 Å². The molecule has 2 aromatic carbocycles. The van der Waals surface area contributed by atoms with Gasteiger partial charge in [0, 0.05) is 22.2 Å². The lowest BCUT2D eigenvalue weighted by atomic mass is 9.95. The molecule has 2 aliphatic rings. The number of rotatable bonds is 7. The third-order valence-corrected chi connectivity index (χ3v) is 12.5. The van der Waals surface area contributed by atoms with Crippen molar-refractivity contribution in [2.24, 2.45) is 0 Å². The highest BCUT2D eigenvalue weighted by atomic mass is 31.2. The molecule has 2 aliphatic heterocycles. The Bertz CT molecular complexity index is 2580. The summed E-state index contributed by atoms with van der Waals surface area (Å²) in [7, 11) is -1.62. The summed E-state index contributed by atoms with van der Waals surface area (Å²) >= 11 is 0. The van der Waals surface area contributed by atoms with Crippen LogP contribution < -0.4 is 10.6 Å². The standard InChI is InChI=1S/C44H48N4O3P2/c1-9-31-23(5)41-39(27-13-17-29(52)18-14-27)42-24(6)32(10-2)36(46-42)22-38-34(12-4)26(8)44(48-38)40(28-15-19-30(20-16-28)53(49,50)51)43-25(7)33(11-3)37(47-43)21-35(31)45-41/h13-22,45,48H,9-12,52H2,1-8H3,(H2,49,50,51). The summed E-state index contributed by atoms with van der Waals surface area (Å²) in [5.41, 5.74) is 21.1. The van der Waals surface area contributed by atoms with Gasteiger partial charge in [-0.2, -0.15) is 0 Å². The number of aromatic nitrogens is 4. The van der Waals surface area contributed by atoms with Crippen LogP contribution in [-0.4, -0.2) is 29.7 Å². The molecule has 272 valence electrons. The van der Waals surface area contributed by atoms with Crippen molar-refractivity contribution in [3.63, 3.8) is 0 Å². The summed E-state index contributed by atoms with van der Waals surface area (Å²) in [6.07, 6.45) is 3.28. The third kappa shape index (κ3) is 6.28. The molecule has 0 saturated carbocycles. The van der Waals surface area contributed by atoms with Crippen molar-refractivity contribution in [2.75, 3.05) is 0 Å². The molecule has 0 spiro atoms. The van der Waals surface area contributed by atoms with Crippen molar-refractivity contribution in [3.05, 3.63) is 106 Å².